The molecule has 0 spiro atoms. The Hall–Kier alpha value is -6.26. The Balaban J connectivity index is 0.855. The highest BCUT2D eigenvalue weighted by Gasteiger charge is 2.30. The van der Waals surface area contributed by atoms with Crippen molar-refractivity contribution < 1.29 is 66.0 Å². The Morgan fingerprint density at radius 1 is 0.457 bits per heavy atom. The van der Waals surface area contributed by atoms with Gasteiger partial charge in [0.05, 0.1) is 127 Å². The number of nitrogen functional groups attached to an aromatic ring is 4. The minimum atomic E-state index is -0.427. The number of halogens is 2. The number of urea groups is 1. The number of unbranched alkanes of at least 4 members (excludes halogenated alkanes) is 2. The molecule has 11 N–H and O–H groups in total. The largest absolute Gasteiger partial charge is 0.491 e. The topological polar surface area (TPSA) is 334 Å². The van der Waals surface area contributed by atoms with Crippen molar-refractivity contribution in [3.8, 4) is 11.5 Å². The molecule has 0 radical (unpaired) electrons. The third-order valence-electron chi connectivity index (χ3n) is 16.1. The van der Waals surface area contributed by atoms with E-state index in [0.717, 1.165) is 104 Å². The molecule has 0 bridgehead atoms. The molecule has 4 aromatic rings. The Morgan fingerprint density at radius 3 is 1.41 bits per heavy atom. The Morgan fingerprint density at radius 2 is 0.894 bits per heavy atom. The number of nitrogens with zero attached hydrogens (tertiary/aromatic N) is 6. The number of hydrogen-bond donors (Lipinski definition) is 7. The fourth-order valence-corrected chi connectivity index (χ4v) is 10.8. The molecule has 526 valence electrons. The quantitative estimate of drug-likeness (QED) is 0.0125. The average molecular weight is 1360 g/mol. The smallest absolute Gasteiger partial charge is 0.314 e. The highest BCUT2D eigenvalue weighted by atomic mass is 35.5. The van der Waals surface area contributed by atoms with Gasteiger partial charge in [0, 0.05) is 64.6 Å². The average Bonchev–Trinajstić information content (AvgIpc) is 0.857. The number of benzene rings is 2. The maximum Gasteiger partial charge on any atom is 0.314 e. The highest BCUT2D eigenvalue weighted by molar-refractivity contribution is 6.32. The molecule has 0 unspecified atom stereocenters. The van der Waals surface area contributed by atoms with Crippen LogP contribution in [0.3, 0.4) is 0 Å². The lowest BCUT2D eigenvalue weighted by Crippen LogP contribution is -2.54. The van der Waals surface area contributed by atoms with Crippen LogP contribution in [-0.2, 0) is 46.1 Å². The molecule has 0 saturated heterocycles. The first-order valence-corrected chi connectivity index (χ1v) is 34.0. The number of carbonyl (C=O) groups excluding carboxylic acids is 4. The number of likely N-dealkylation sites (N-methyl/N-ethyl adjacent to an activating group) is 1. The van der Waals surface area contributed by atoms with E-state index in [9.17, 15) is 19.2 Å². The molecular formula is C67H109Cl2N13O12+2. The number of nitrogens with two attached hydrogens (primary N) is 4. The lowest BCUT2D eigenvalue weighted by atomic mass is 9.99. The normalized spacial score (nSPS) is 12.3. The van der Waals surface area contributed by atoms with Crippen molar-refractivity contribution in [2.75, 3.05) is 176 Å². The molecule has 27 heteroatoms. The van der Waals surface area contributed by atoms with Crippen molar-refractivity contribution >= 4 is 70.0 Å². The number of ketones is 2. The zero-order valence-electron chi connectivity index (χ0n) is 56.7. The second kappa shape index (κ2) is 46.0. The highest BCUT2D eigenvalue weighted by Crippen LogP contribution is 2.25. The third-order valence-corrected chi connectivity index (χ3v) is 16.7. The van der Waals surface area contributed by atoms with E-state index < -0.39 is 5.91 Å². The fraction of sp³-hybridized carbons (Fsp3) is 0.642. The molecule has 2 atom stereocenters. The molecule has 94 heavy (non-hydrogen) atoms. The molecule has 0 aliphatic carbocycles. The predicted molar refractivity (Wildman–Crippen MR) is 369 cm³/mol. The van der Waals surface area contributed by atoms with Gasteiger partial charge in [-0.3, -0.25) is 14.4 Å². The Bertz CT molecular complexity index is 2620. The van der Waals surface area contributed by atoms with E-state index >= 15 is 0 Å². The van der Waals surface area contributed by atoms with Gasteiger partial charge >= 0.3 is 6.03 Å². The summed E-state index contributed by atoms with van der Waals surface area (Å²) in [6.45, 7) is 13.7. The van der Waals surface area contributed by atoms with E-state index in [1.54, 1.807) is 0 Å². The maximum atomic E-state index is 13.0. The summed E-state index contributed by atoms with van der Waals surface area (Å²) in [6, 6.07) is 16.6. The summed E-state index contributed by atoms with van der Waals surface area (Å²) >= 11 is 12.0. The predicted octanol–water partition coefficient (Wildman–Crippen LogP) is 8.12. The first-order valence-electron chi connectivity index (χ1n) is 33.3. The number of ether oxygens (including phenoxy) is 8. The number of aryl methyl sites for hydroxylation is 2. The van der Waals surface area contributed by atoms with Crippen molar-refractivity contribution in [1.82, 2.24) is 35.9 Å². The van der Waals surface area contributed by atoms with Crippen LogP contribution in [0.1, 0.15) is 136 Å². The van der Waals surface area contributed by atoms with E-state index in [-0.39, 0.29) is 68.6 Å². The third kappa shape index (κ3) is 32.9. The van der Waals surface area contributed by atoms with Crippen molar-refractivity contribution in [3.05, 3.63) is 81.4 Å². The maximum absolute atomic E-state index is 13.0. The van der Waals surface area contributed by atoms with Crippen LogP contribution in [0.25, 0.3) is 0 Å². The fourth-order valence-electron chi connectivity index (χ4n) is 10.6. The Kier molecular flexibility index (Phi) is 39.2. The molecule has 25 nitrogen and oxygen atoms in total. The van der Waals surface area contributed by atoms with E-state index in [2.05, 4.69) is 102 Å². The van der Waals surface area contributed by atoms with Gasteiger partial charge in [-0.1, -0.05) is 80.6 Å². The summed E-state index contributed by atoms with van der Waals surface area (Å²) in [5.74, 6) is 1.14. The molecule has 0 aliphatic rings. The van der Waals surface area contributed by atoms with Gasteiger partial charge in [0.1, 0.15) is 42.2 Å². The summed E-state index contributed by atoms with van der Waals surface area (Å²) in [6.07, 6.45) is 12.9. The van der Waals surface area contributed by atoms with Crippen molar-refractivity contribution in [2.45, 2.75) is 129 Å². The lowest BCUT2D eigenvalue weighted by molar-refractivity contribution is -0.916. The monoisotopic (exact) mass is 1360 g/mol. The number of hydrogen-bond acceptors (Lipinski definition) is 20. The number of Topliss-reactive ketones (excluding diaryl/α,β-unsaturated/α-hetero) is 2. The van der Waals surface area contributed by atoms with Crippen LogP contribution < -0.4 is 48.4 Å². The van der Waals surface area contributed by atoms with Gasteiger partial charge < -0.3 is 85.7 Å². The zero-order chi connectivity index (χ0) is 68.4. The molecule has 0 aliphatic heterocycles. The number of anilines is 4. The van der Waals surface area contributed by atoms with Gasteiger partial charge in [0.2, 0.25) is 0 Å². The van der Waals surface area contributed by atoms with Gasteiger partial charge in [-0.05, 0) is 73.9 Å². The van der Waals surface area contributed by atoms with Gasteiger partial charge in [-0.15, -0.1) is 0 Å². The zero-order valence-corrected chi connectivity index (χ0v) is 58.2. The molecule has 2 aromatic carbocycles. The SMILES string of the molecule is CCC[C@@H](CCC(=O)c1nc(Cl)c(N)nc1N)[N+](C)(C)CCCc1ccc(OCCOCCOCCOCCNC(=O)NCCCCCC(=O)CCCOCCOCCOCCOc2ccc(CCC[N+](C)(C)[C@@H](CCC)CNC(=O)c3nc(Cl)c(N)nc3N)cc2)cc1. The Labute approximate surface area is 567 Å². The van der Waals surface area contributed by atoms with Gasteiger partial charge in [0.15, 0.2) is 45.1 Å². The number of amides is 3. The van der Waals surface area contributed by atoms with Crippen molar-refractivity contribution in [1.29, 1.82) is 0 Å². The van der Waals surface area contributed by atoms with Crippen molar-refractivity contribution in [2.24, 2.45) is 0 Å². The molecule has 2 heterocycles. The molecule has 0 saturated carbocycles. The number of rotatable bonds is 54. The molecular weight excluding hydrogens is 1250 g/mol. The van der Waals surface area contributed by atoms with Crippen LogP contribution >= 0.6 is 23.2 Å². The first-order chi connectivity index (χ1) is 45.2. The summed E-state index contributed by atoms with van der Waals surface area (Å²) in [5.41, 5.74) is 25.7. The van der Waals surface area contributed by atoms with Crippen LogP contribution in [0, 0.1) is 0 Å². The van der Waals surface area contributed by atoms with Crippen LogP contribution in [0.4, 0.5) is 28.1 Å². The van der Waals surface area contributed by atoms with E-state index in [1.165, 1.54) is 11.1 Å². The minimum absolute atomic E-state index is 0.00675. The van der Waals surface area contributed by atoms with E-state index in [4.69, 9.17) is 84.0 Å². The number of nitrogens with one attached hydrogen (secondary N) is 3. The van der Waals surface area contributed by atoms with Crippen LogP contribution in [0.2, 0.25) is 10.3 Å². The van der Waals surface area contributed by atoms with Crippen molar-refractivity contribution in [3.63, 3.8) is 0 Å². The van der Waals surface area contributed by atoms with Crippen LogP contribution in [-0.4, -0.2) is 218 Å². The van der Waals surface area contributed by atoms with E-state index in [0.29, 0.717) is 150 Å². The van der Waals surface area contributed by atoms with E-state index in [1.807, 2.05) is 24.3 Å². The molecule has 0 fully saturated rings. The summed E-state index contributed by atoms with van der Waals surface area (Å²) in [4.78, 5) is 66.3. The second-order valence-corrected chi connectivity index (χ2v) is 25.0. The van der Waals surface area contributed by atoms with Gasteiger partial charge in [-0.2, -0.15) is 0 Å². The molecule has 3 amide bonds. The number of carbonyl (C=O) groups is 4. The minimum Gasteiger partial charge on any atom is -0.491 e. The summed E-state index contributed by atoms with van der Waals surface area (Å²) in [5, 5.41) is 8.54. The summed E-state index contributed by atoms with van der Waals surface area (Å²) < 4.78 is 47.0. The van der Waals surface area contributed by atoms with Gasteiger partial charge in [-0.25, -0.2) is 24.7 Å². The second-order valence-electron chi connectivity index (χ2n) is 24.3. The van der Waals surface area contributed by atoms with Crippen LogP contribution in [0.5, 0.6) is 11.5 Å². The summed E-state index contributed by atoms with van der Waals surface area (Å²) in [7, 11) is 8.84. The molecule has 2 aromatic heterocycles. The molecule has 4 rings (SSSR count). The van der Waals surface area contributed by atoms with Gasteiger partial charge in [0.25, 0.3) is 5.91 Å². The first kappa shape index (κ1) is 80.2. The van der Waals surface area contributed by atoms with Crippen LogP contribution in [0.15, 0.2) is 48.5 Å². The lowest BCUT2D eigenvalue weighted by Gasteiger charge is -2.38. The standard InChI is InChI=1S/C67H107Cl2N13O12/c1-7-15-52(25-30-57(84)58-62(70)79-64(72)60(68)77-58)81(3,4)33-12-17-50-21-26-55(27-22-50)93-48-46-92-44-42-90-40-38-88-36-32-75-67(86)74-31-11-9-10-19-54(83)20-14-35-87-37-39-89-41-43-91-45-47-94-56-28-23-51(24-29-56)18-13-34-82(5,6)53(16-8-2)49-76-66(85)59-63(71)80-65(73)61(69)78-59/h21-24,26-29,52-53H,7-20,25,30-49H2,1-6H3,(H9-2,70,71,72,73,74,75,76,79,80,84,85,86)/p+2/t52-,53-/m0/s1. The number of quaternary nitrogens is 2. The number of aromatic nitrogens is 4.